The molecule has 54 valence electrons. The van der Waals surface area contributed by atoms with Gasteiger partial charge in [0.1, 0.15) is 0 Å². The molecule has 0 atom stereocenters. The Morgan fingerprint density at radius 3 is 2.90 bits per heavy atom. The molecule has 0 fully saturated rings. The van der Waals surface area contributed by atoms with E-state index in [0.717, 1.165) is 4.68 Å². The van der Waals surface area contributed by atoms with E-state index in [9.17, 15) is 9.59 Å². The standard InChI is InChI=1S/C4H5N3O2S/c8-3-1-2-5-7(3)4(9)6-10/h1-2,5,10H,(H,6,9). The van der Waals surface area contributed by atoms with E-state index in [0.29, 0.717) is 0 Å². The Bertz CT molecular complexity index is 289. The largest absolute Gasteiger partial charge is 0.353 e. The first-order chi connectivity index (χ1) is 4.75. The number of hydrogen-bond acceptors (Lipinski definition) is 3. The van der Waals surface area contributed by atoms with Crippen molar-refractivity contribution in [2.75, 3.05) is 0 Å². The van der Waals surface area contributed by atoms with Crippen molar-refractivity contribution in [3.05, 3.63) is 22.6 Å². The molecule has 1 aromatic heterocycles. The van der Waals surface area contributed by atoms with Crippen molar-refractivity contribution in [2.24, 2.45) is 0 Å². The van der Waals surface area contributed by atoms with Crippen molar-refractivity contribution >= 4 is 18.8 Å². The highest BCUT2D eigenvalue weighted by Gasteiger charge is 2.02. The van der Waals surface area contributed by atoms with Crippen LogP contribution in [0.4, 0.5) is 4.79 Å². The van der Waals surface area contributed by atoms with E-state index >= 15 is 0 Å². The molecule has 0 aliphatic rings. The van der Waals surface area contributed by atoms with Crippen molar-refractivity contribution in [3.63, 3.8) is 0 Å². The van der Waals surface area contributed by atoms with E-state index in [-0.39, 0.29) is 0 Å². The lowest BCUT2D eigenvalue weighted by Crippen LogP contribution is -2.30. The maximum Gasteiger partial charge on any atom is 0.353 e. The van der Waals surface area contributed by atoms with Gasteiger partial charge in [0.25, 0.3) is 5.56 Å². The highest BCUT2D eigenvalue weighted by atomic mass is 32.1. The topological polar surface area (TPSA) is 66.9 Å². The van der Waals surface area contributed by atoms with Gasteiger partial charge in [0.15, 0.2) is 0 Å². The Kier molecular flexibility index (Phi) is 1.81. The molecule has 1 amide bonds. The average Bonchev–Trinajstić information content (AvgIpc) is 2.34. The Labute approximate surface area is 61.6 Å². The summed E-state index contributed by atoms with van der Waals surface area (Å²) in [6.07, 6.45) is 1.37. The predicted molar refractivity (Wildman–Crippen MR) is 38.0 cm³/mol. The zero-order chi connectivity index (χ0) is 7.56. The fourth-order valence-corrected chi connectivity index (χ4v) is 0.630. The summed E-state index contributed by atoms with van der Waals surface area (Å²) in [5, 5.41) is 2.40. The van der Waals surface area contributed by atoms with Crippen LogP contribution in [0, 0.1) is 0 Å². The monoisotopic (exact) mass is 159 g/mol. The molecule has 5 nitrogen and oxygen atoms in total. The summed E-state index contributed by atoms with van der Waals surface area (Å²) in [4.78, 5) is 21.3. The second-order valence-electron chi connectivity index (χ2n) is 1.55. The maximum absolute atomic E-state index is 10.7. The van der Waals surface area contributed by atoms with E-state index in [1.54, 1.807) is 0 Å². The maximum atomic E-state index is 10.7. The highest BCUT2D eigenvalue weighted by Crippen LogP contribution is 1.75. The SMILES string of the molecule is O=C(NS)n1[nH]ccc1=O. The second-order valence-corrected chi connectivity index (χ2v) is 1.78. The molecule has 6 heteroatoms. The van der Waals surface area contributed by atoms with Crippen LogP contribution in [0.25, 0.3) is 0 Å². The number of nitrogens with one attached hydrogen (secondary N) is 2. The fraction of sp³-hybridized carbons (Fsp3) is 0. The molecule has 0 aromatic carbocycles. The first-order valence-corrected chi connectivity index (χ1v) is 2.91. The molecular formula is C4H5N3O2S. The number of carbonyl (C=O) groups is 1. The van der Waals surface area contributed by atoms with E-state index in [4.69, 9.17) is 0 Å². The number of rotatable bonds is 0. The molecule has 0 saturated heterocycles. The normalized spacial score (nSPS) is 9.30. The van der Waals surface area contributed by atoms with Crippen molar-refractivity contribution in [1.82, 2.24) is 14.5 Å². The molecule has 0 saturated carbocycles. The summed E-state index contributed by atoms with van der Waals surface area (Å²) < 4.78 is 2.79. The van der Waals surface area contributed by atoms with Gasteiger partial charge in [0.2, 0.25) is 0 Å². The van der Waals surface area contributed by atoms with Crippen LogP contribution in [-0.2, 0) is 0 Å². The van der Waals surface area contributed by atoms with Gasteiger partial charge in [0, 0.05) is 12.3 Å². The van der Waals surface area contributed by atoms with E-state index in [1.165, 1.54) is 12.3 Å². The minimum Gasteiger partial charge on any atom is -0.294 e. The van der Waals surface area contributed by atoms with Gasteiger partial charge < -0.3 is 0 Å². The predicted octanol–water partition coefficient (Wildman–Crippen LogP) is -0.421. The lowest BCUT2D eigenvalue weighted by Gasteiger charge is -1.94. The van der Waals surface area contributed by atoms with Crippen LogP contribution >= 0.6 is 12.8 Å². The number of aromatic nitrogens is 2. The summed E-state index contributed by atoms with van der Waals surface area (Å²) in [7, 11) is 0. The summed E-state index contributed by atoms with van der Waals surface area (Å²) >= 11 is 3.47. The molecular weight excluding hydrogens is 154 g/mol. The molecule has 10 heavy (non-hydrogen) atoms. The van der Waals surface area contributed by atoms with E-state index < -0.39 is 11.6 Å². The quantitative estimate of drug-likeness (QED) is 0.450. The minimum atomic E-state index is -0.599. The number of hydrogen-bond donors (Lipinski definition) is 3. The Balaban J connectivity index is 3.05. The number of thiol groups is 1. The molecule has 1 rings (SSSR count). The minimum absolute atomic E-state index is 0.411. The Morgan fingerprint density at radius 1 is 1.80 bits per heavy atom. The second kappa shape index (κ2) is 2.61. The van der Waals surface area contributed by atoms with Gasteiger partial charge in [-0.25, -0.2) is 4.79 Å². The van der Waals surface area contributed by atoms with Crippen LogP contribution in [0.15, 0.2) is 17.1 Å². The van der Waals surface area contributed by atoms with E-state index in [2.05, 4.69) is 17.9 Å². The highest BCUT2D eigenvalue weighted by molar-refractivity contribution is 7.78. The van der Waals surface area contributed by atoms with Gasteiger partial charge in [-0.05, 0) is 0 Å². The van der Waals surface area contributed by atoms with Gasteiger partial charge in [0.05, 0.1) is 0 Å². The molecule has 0 radical (unpaired) electrons. The van der Waals surface area contributed by atoms with Gasteiger partial charge in [-0.1, -0.05) is 12.8 Å². The van der Waals surface area contributed by atoms with Crippen molar-refractivity contribution in [2.45, 2.75) is 0 Å². The number of nitrogens with zero attached hydrogens (tertiary/aromatic N) is 1. The number of amides is 1. The summed E-state index contributed by atoms with van der Waals surface area (Å²) in [5.41, 5.74) is -0.411. The third-order valence-corrected chi connectivity index (χ3v) is 1.14. The third-order valence-electron chi connectivity index (χ3n) is 0.949. The lowest BCUT2D eigenvalue weighted by atomic mass is 10.7. The summed E-state index contributed by atoms with van der Waals surface area (Å²) in [6, 6.07) is 0.640. The first kappa shape index (κ1) is 6.94. The number of aromatic amines is 1. The molecule has 0 unspecified atom stereocenters. The van der Waals surface area contributed by atoms with Crippen LogP contribution in [0.3, 0.4) is 0 Å². The molecule has 1 aromatic rings. The van der Waals surface area contributed by atoms with Crippen molar-refractivity contribution < 1.29 is 4.79 Å². The fourth-order valence-electron chi connectivity index (χ4n) is 0.530. The third kappa shape index (κ3) is 1.06. The van der Waals surface area contributed by atoms with Gasteiger partial charge >= 0.3 is 6.03 Å². The molecule has 1 heterocycles. The zero-order valence-electron chi connectivity index (χ0n) is 4.87. The van der Waals surface area contributed by atoms with Crippen LogP contribution in [-0.4, -0.2) is 15.8 Å². The molecule has 0 bridgehead atoms. The van der Waals surface area contributed by atoms with Crippen LogP contribution in [0.5, 0.6) is 0 Å². The Hall–Kier alpha value is -1.17. The molecule has 2 N–H and O–H groups in total. The molecule has 0 spiro atoms. The zero-order valence-corrected chi connectivity index (χ0v) is 5.76. The van der Waals surface area contributed by atoms with Crippen LogP contribution < -0.4 is 10.3 Å². The van der Waals surface area contributed by atoms with Gasteiger partial charge in [-0.2, -0.15) is 4.68 Å². The number of H-pyrrole nitrogens is 1. The Morgan fingerprint density at radius 2 is 2.50 bits per heavy atom. The van der Waals surface area contributed by atoms with Crippen LogP contribution in [0.1, 0.15) is 0 Å². The first-order valence-electron chi connectivity index (χ1n) is 2.46. The van der Waals surface area contributed by atoms with Gasteiger partial charge in [-0.3, -0.25) is 14.6 Å². The van der Waals surface area contributed by atoms with Crippen molar-refractivity contribution in [1.29, 1.82) is 0 Å². The summed E-state index contributed by atoms with van der Waals surface area (Å²) in [6.45, 7) is 0. The molecule has 0 aliphatic heterocycles. The molecule has 0 aliphatic carbocycles. The van der Waals surface area contributed by atoms with Crippen LogP contribution in [0.2, 0.25) is 0 Å². The van der Waals surface area contributed by atoms with Crippen molar-refractivity contribution in [3.8, 4) is 0 Å². The lowest BCUT2D eigenvalue weighted by molar-refractivity contribution is 0.244. The van der Waals surface area contributed by atoms with Gasteiger partial charge in [-0.15, -0.1) is 0 Å². The number of carbonyl (C=O) groups excluding carboxylic acids is 1. The average molecular weight is 159 g/mol. The van der Waals surface area contributed by atoms with E-state index in [1.807, 2.05) is 4.72 Å². The summed E-state index contributed by atoms with van der Waals surface area (Å²) in [5.74, 6) is 0. The smallest absolute Gasteiger partial charge is 0.294 e.